The van der Waals surface area contributed by atoms with Crippen molar-refractivity contribution in [2.75, 3.05) is 16.4 Å². The van der Waals surface area contributed by atoms with Crippen LogP contribution in [0.3, 0.4) is 0 Å². The van der Waals surface area contributed by atoms with Gasteiger partial charge in [0.2, 0.25) is 11.8 Å². The lowest BCUT2D eigenvalue weighted by Gasteiger charge is -2.26. The summed E-state index contributed by atoms with van der Waals surface area (Å²) in [6, 6.07) is 13.0. The van der Waals surface area contributed by atoms with Crippen molar-refractivity contribution in [1.82, 2.24) is 10.2 Å². The van der Waals surface area contributed by atoms with Gasteiger partial charge < -0.3 is 16.4 Å². The van der Waals surface area contributed by atoms with E-state index in [2.05, 4.69) is 36.8 Å². The molecule has 5 rings (SSSR count). The quantitative estimate of drug-likeness (QED) is 0.220. The van der Waals surface area contributed by atoms with Crippen molar-refractivity contribution in [2.24, 2.45) is 23.7 Å². The maximum absolute atomic E-state index is 13.6. The van der Waals surface area contributed by atoms with Crippen LogP contribution in [-0.2, 0) is 9.59 Å². The van der Waals surface area contributed by atoms with Crippen LogP contribution in [0.4, 0.5) is 17.1 Å². The summed E-state index contributed by atoms with van der Waals surface area (Å²) in [6.07, 6.45) is 4.32. The summed E-state index contributed by atoms with van der Waals surface area (Å²) in [5, 5.41) is 13.2. The van der Waals surface area contributed by atoms with Gasteiger partial charge in [-0.05, 0) is 93.2 Å². The van der Waals surface area contributed by atoms with Gasteiger partial charge in [0, 0.05) is 21.4 Å². The second-order valence-electron chi connectivity index (χ2n) is 9.83. The first kappa shape index (κ1) is 23.6. The molecule has 7 nitrogen and oxygen atoms in total. The Bertz CT molecular complexity index is 1230. The molecular formula is C27H30BrN5O2. The molecule has 0 saturated heterocycles. The first-order valence-corrected chi connectivity index (χ1v) is 12.9. The van der Waals surface area contributed by atoms with E-state index >= 15 is 0 Å². The highest BCUT2D eigenvalue weighted by atomic mass is 79.9. The molecule has 0 bridgehead atoms. The molecule has 2 saturated carbocycles. The van der Waals surface area contributed by atoms with Gasteiger partial charge in [-0.25, -0.2) is 0 Å². The fraction of sp³-hybridized carbons (Fsp3) is 0.370. The van der Waals surface area contributed by atoms with E-state index in [1.165, 1.54) is 0 Å². The minimum absolute atomic E-state index is 0.0576. The maximum Gasteiger partial charge on any atom is 0.237 e. The van der Waals surface area contributed by atoms with Crippen LogP contribution in [0.5, 0.6) is 0 Å². The molecule has 0 spiro atoms. The van der Waals surface area contributed by atoms with Crippen LogP contribution in [-0.4, -0.2) is 22.0 Å². The highest BCUT2D eigenvalue weighted by molar-refractivity contribution is 9.10. The zero-order valence-electron chi connectivity index (χ0n) is 19.9. The van der Waals surface area contributed by atoms with E-state index in [1.807, 2.05) is 44.2 Å². The number of hydrogen-bond donors (Lipinski definition) is 4. The van der Waals surface area contributed by atoms with Crippen LogP contribution in [0.15, 0.2) is 46.9 Å². The minimum atomic E-state index is -0.768. The summed E-state index contributed by atoms with van der Waals surface area (Å²) in [6.45, 7) is 3.95. The van der Waals surface area contributed by atoms with Crippen molar-refractivity contribution >= 4 is 44.8 Å². The van der Waals surface area contributed by atoms with Crippen molar-refractivity contribution in [2.45, 2.75) is 39.5 Å². The van der Waals surface area contributed by atoms with Gasteiger partial charge in [-0.15, -0.1) is 0 Å². The Balaban J connectivity index is 1.37. The summed E-state index contributed by atoms with van der Waals surface area (Å²) in [7, 11) is 0. The minimum Gasteiger partial charge on any atom is -0.397 e. The predicted molar refractivity (Wildman–Crippen MR) is 142 cm³/mol. The number of aromatic amines is 1. The molecule has 2 aromatic carbocycles. The Kier molecular flexibility index (Phi) is 6.40. The average Bonchev–Trinajstić information content (AvgIpc) is 3.74. The highest BCUT2D eigenvalue weighted by Crippen LogP contribution is 2.53. The van der Waals surface area contributed by atoms with Crippen molar-refractivity contribution in [3.05, 3.63) is 58.3 Å². The van der Waals surface area contributed by atoms with Gasteiger partial charge in [0.25, 0.3) is 0 Å². The molecule has 1 atom stereocenters. The molecule has 2 aliphatic carbocycles. The first-order valence-electron chi connectivity index (χ1n) is 12.1. The van der Waals surface area contributed by atoms with E-state index in [0.29, 0.717) is 28.9 Å². The van der Waals surface area contributed by atoms with Crippen LogP contribution < -0.4 is 16.4 Å². The number of amides is 2. The van der Waals surface area contributed by atoms with E-state index < -0.39 is 5.92 Å². The fourth-order valence-corrected chi connectivity index (χ4v) is 5.51. The fourth-order valence-electron chi connectivity index (χ4n) is 5.13. The Labute approximate surface area is 213 Å². The summed E-state index contributed by atoms with van der Waals surface area (Å²) in [5.41, 5.74) is 11.8. The van der Waals surface area contributed by atoms with Crippen molar-refractivity contribution in [3.63, 3.8) is 0 Å². The largest absolute Gasteiger partial charge is 0.397 e. The van der Waals surface area contributed by atoms with Crippen LogP contribution >= 0.6 is 15.9 Å². The third-order valence-electron chi connectivity index (χ3n) is 7.12. The number of halogens is 1. The lowest BCUT2D eigenvalue weighted by molar-refractivity contribution is -0.132. The molecule has 182 valence electrons. The number of rotatable bonds is 8. The maximum atomic E-state index is 13.6. The second-order valence-corrected chi connectivity index (χ2v) is 10.7. The first-order chi connectivity index (χ1) is 16.8. The number of aryl methyl sites for hydroxylation is 2. The average molecular weight is 536 g/mol. The van der Waals surface area contributed by atoms with Crippen LogP contribution in [0.2, 0.25) is 0 Å². The zero-order valence-corrected chi connectivity index (χ0v) is 21.5. The monoisotopic (exact) mass is 535 g/mol. The number of hydrogen-bond acceptors (Lipinski definition) is 4. The number of carbonyl (C=O) groups excluding carboxylic acids is 2. The molecule has 8 heteroatoms. The molecule has 2 fully saturated rings. The van der Waals surface area contributed by atoms with Gasteiger partial charge in [-0.2, -0.15) is 5.10 Å². The number of benzene rings is 2. The topological polar surface area (TPSA) is 113 Å². The van der Waals surface area contributed by atoms with E-state index in [-0.39, 0.29) is 17.7 Å². The van der Waals surface area contributed by atoms with E-state index in [0.717, 1.165) is 52.7 Å². The Morgan fingerprint density at radius 1 is 1.00 bits per heavy atom. The third-order valence-corrected chi connectivity index (χ3v) is 7.62. The molecule has 1 aromatic heterocycles. The Morgan fingerprint density at radius 3 is 2.17 bits per heavy atom. The van der Waals surface area contributed by atoms with E-state index in [9.17, 15) is 9.59 Å². The van der Waals surface area contributed by atoms with Gasteiger partial charge in [-0.1, -0.05) is 28.1 Å². The summed E-state index contributed by atoms with van der Waals surface area (Å²) in [4.78, 5) is 27.1. The summed E-state index contributed by atoms with van der Waals surface area (Å²) in [5.74, 6) is -0.397. The van der Waals surface area contributed by atoms with Crippen LogP contribution in [0.1, 0.15) is 37.1 Å². The van der Waals surface area contributed by atoms with Crippen molar-refractivity contribution < 1.29 is 9.59 Å². The van der Waals surface area contributed by atoms with Crippen LogP contribution in [0.25, 0.3) is 11.1 Å². The second kappa shape index (κ2) is 9.49. The van der Waals surface area contributed by atoms with Gasteiger partial charge in [0.1, 0.15) is 5.92 Å². The molecular weight excluding hydrogens is 506 g/mol. The molecule has 3 aromatic rings. The normalized spacial score (nSPS) is 16.2. The molecule has 1 unspecified atom stereocenters. The van der Waals surface area contributed by atoms with Gasteiger partial charge in [0.05, 0.1) is 17.1 Å². The zero-order chi connectivity index (χ0) is 24.7. The van der Waals surface area contributed by atoms with Crippen molar-refractivity contribution in [1.29, 1.82) is 0 Å². The third kappa shape index (κ3) is 5.12. The van der Waals surface area contributed by atoms with Crippen molar-refractivity contribution in [3.8, 4) is 11.1 Å². The Hall–Kier alpha value is -3.13. The van der Waals surface area contributed by atoms with E-state index in [4.69, 9.17) is 5.73 Å². The van der Waals surface area contributed by atoms with Crippen LogP contribution in [0, 0.1) is 37.5 Å². The van der Waals surface area contributed by atoms with Gasteiger partial charge in [-0.3, -0.25) is 14.7 Å². The molecule has 1 heterocycles. The lowest BCUT2D eigenvalue weighted by atomic mass is 9.82. The highest BCUT2D eigenvalue weighted by Gasteiger charge is 2.50. The van der Waals surface area contributed by atoms with Gasteiger partial charge in [0.15, 0.2) is 0 Å². The molecule has 0 aliphatic heterocycles. The smallest absolute Gasteiger partial charge is 0.237 e. The number of nitrogens with one attached hydrogen (secondary N) is 3. The number of nitrogens with two attached hydrogens (primary N) is 1. The SMILES string of the molecule is Cc1n[nH]c(C)c1-c1ccc(NC(=O)C(C(=O)Nc2ccc(Br)cc2N)C(C2CC2)C2CC2)cc1. The number of nitrogen functional groups attached to an aromatic ring is 1. The molecule has 5 N–H and O–H groups in total. The summed E-state index contributed by atoms with van der Waals surface area (Å²) < 4.78 is 0.834. The van der Waals surface area contributed by atoms with Gasteiger partial charge >= 0.3 is 0 Å². The molecule has 2 amide bonds. The molecule has 0 radical (unpaired) electrons. The molecule has 35 heavy (non-hydrogen) atoms. The summed E-state index contributed by atoms with van der Waals surface area (Å²) >= 11 is 3.39. The number of carbonyl (C=O) groups is 2. The number of anilines is 3. The number of aromatic nitrogens is 2. The number of H-pyrrole nitrogens is 1. The lowest BCUT2D eigenvalue weighted by Crippen LogP contribution is -2.41. The Morgan fingerprint density at radius 2 is 1.63 bits per heavy atom. The van der Waals surface area contributed by atoms with E-state index in [1.54, 1.807) is 12.1 Å². The predicted octanol–water partition coefficient (Wildman–Crippen LogP) is 5.67. The standard InChI is InChI=1S/C27H30BrN5O2/c1-14-23(15(2)33-32-14)16-7-10-20(11-8-16)30-26(34)25(24(17-3-4-17)18-5-6-18)27(35)31-22-12-9-19(28)13-21(22)29/h7-13,17-18,24-25H,3-6,29H2,1-2H3,(H,30,34)(H,31,35)(H,32,33). The molecule has 2 aliphatic rings. The number of nitrogens with zero attached hydrogens (tertiary/aromatic N) is 1.